The second-order valence-electron chi connectivity index (χ2n) is 11.8. The van der Waals surface area contributed by atoms with E-state index in [9.17, 15) is 14.7 Å². The van der Waals surface area contributed by atoms with E-state index in [-0.39, 0.29) is 28.0 Å². The molecule has 0 radical (unpaired) electrons. The summed E-state index contributed by atoms with van der Waals surface area (Å²) < 4.78 is 13.1. The Bertz CT molecular complexity index is 2710. The Balaban J connectivity index is 1.51. The van der Waals surface area contributed by atoms with Crippen molar-refractivity contribution in [1.82, 2.24) is 0 Å². The van der Waals surface area contributed by atoms with Gasteiger partial charge in [-0.05, 0) is 117 Å². The molecule has 1 heterocycles. The van der Waals surface area contributed by atoms with Crippen LogP contribution < -0.4 is 5.43 Å². The molecule has 244 valence electrons. The SMILES string of the molecule is CCOC(=O)c1ccccc1-c1c2cc(Br)c(=O)c(Br)c-2oc2c(-c3ccc(-c4cccc5ccccc45)c4ccccc34)c(O)c(Br)cc12. The van der Waals surface area contributed by atoms with Gasteiger partial charge < -0.3 is 14.3 Å². The number of carbonyl (C=O) groups excluding carboxylic acids is 1. The van der Waals surface area contributed by atoms with Crippen LogP contribution in [0.25, 0.3) is 77.2 Å². The van der Waals surface area contributed by atoms with Crippen molar-refractivity contribution in [2.45, 2.75) is 6.92 Å². The molecular weight excluding hydrogens is 824 g/mol. The Morgan fingerprint density at radius 2 is 1.28 bits per heavy atom. The van der Waals surface area contributed by atoms with Gasteiger partial charge in [0.25, 0.3) is 0 Å². The molecule has 6 aromatic rings. The molecule has 1 N–H and O–H groups in total. The van der Waals surface area contributed by atoms with Crippen molar-refractivity contribution < 1.29 is 19.1 Å². The zero-order chi connectivity index (χ0) is 34.7. The summed E-state index contributed by atoms with van der Waals surface area (Å²) in [6, 6.07) is 37.5. The van der Waals surface area contributed by atoms with Gasteiger partial charge in [0.15, 0.2) is 5.76 Å². The molecule has 6 aromatic carbocycles. The number of ether oxygens (including phenoxy) is 1. The Kier molecular flexibility index (Phi) is 8.34. The van der Waals surface area contributed by atoms with Crippen LogP contribution in [0.3, 0.4) is 0 Å². The van der Waals surface area contributed by atoms with Crippen LogP contribution in [0.2, 0.25) is 0 Å². The quantitative estimate of drug-likeness (QED) is 0.138. The van der Waals surface area contributed by atoms with Gasteiger partial charge in [0.2, 0.25) is 5.43 Å². The molecule has 0 fully saturated rings. The van der Waals surface area contributed by atoms with Crippen LogP contribution in [0, 0.1) is 0 Å². The van der Waals surface area contributed by atoms with E-state index >= 15 is 0 Å². The molecule has 0 unspecified atom stereocenters. The van der Waals surface area contributed by atoms with E-state index in [2.05, 4.69) is 90.3 Å². The molecule has 1 aliphatic heterocycles. The lowest BCUT2D eigenvalue weighted by atomic mass is 9.87. The topological polar surface area (TPSA) is 76.7 Å². The fraction of sp³-hybridized carbons (Fsp3) is 0.0476. The molecule has 2 aliphatic rings. The normalized spacial score (nSPS) is 11.5. The van der Waals surface area contributed by atoms with Crippen molar-refractivity contribution in [3.63, 3.8) is 0 Å². The molecule has 0 aromatic heterocycles. The van der Waals surface area contributed by atoms with Gasteiger partial charge >= 0.3 is 5.97 Å². The average molecular weight is 849 g/mol. The van der Waals surface area contributed by atoms with E-state index < -0.39 is 5.97 Å². The minimum atomic E-state index is -0.475. The van der Waals surface area contributed by atoms with Crippen LogP contribution >= 0.6 is 47.8 Å². The molecular formula is C42H25Br3O5. The zero-order valence-corrected chi connectivity index (χ0v) is 31.1. The van der Waals surface area contributed by atoms with E-state index in [4.69, 9.17) is 9.15 Å². The number of hydrogen-bond acceptors (Lipinski definition) is 5. The van der Waals surface area contributed by atoms with Crippen LogP contribution in [0.5, 0.6) is 5.75 Å². The van der Waals surface area contributed by atoms with Crippen molar-refractivity contribution in [3.05, 3.63) is 144 Å². The van der Waals surface area contributed by atoms with Gasteiger partial charge in [0.1, 0.15) is 15.8 Å². The van der Waals surface area contributed by atoms with Crippen LogP contribution in [0.4, 0.5) is 0 Å². The number of carbonyl (C=O) groups is 1. The predicted octanol–water partition coefficient (Wildman–Crippen LogP) is 12.4. The maximum atomic E-state index is 13.3. The summed E-state index contributed by atoms with van der Waals surface area (Å²) in [5.74, 6) is -0.222. The van der Waals surface area contributed by atoms with Gasteiger partial charge in [-0.1, -0.05) is 97.1 Å². The highest BCUT2D eigenvalue weighted by Crippen LogP contribution is 2.52. The van der Waals surface area contributed by atoms with Gasteiger partial charge in [-0.3, -0.25) is 4.79 Å². The fourth-order valence-corrected chi connectivity index (χ4v) is 8.50. The van der Waals surface area contributed by atoms with Crippen molar-refractivity contribution in [2.75, 3.05) is 6.61 Å². The summed E-state index contributed by atoms with van der Waals surface area (Å²) in [6.45, 7) is 1.97. The number of benzene rings is 7. The third-order valence-electron chi connectivity index (χ3n) is 9.04. The highest BCUT2D eigenvalue weighted by Gasteiger charge is 2.29. The molecule has 5 nitrogen and oxygen atoms in total. The summed E-state index contributed by atoms with van der Waals surface area (Å²) in [4.78, 5) is 26.6. The van der Waals surface area contributed by atoms with Gasteiger partial charge in [0.05, 0.1) is 26.7 Å². The summed E-state index contributed by atoms with van der Waals surface area (Å²) >= 11 is 10.6. The van der Waals surface area contributed by atoms with Crippen molar-refractivity contribution >= 4 is 86.3 Å². The van der Waals surface area contributed by atoms with Crippen molar-refractivity contribution in [1.29, 1.82) is 0 Å². The Morgan fingerprint density at radius 3 is 2.06 bits per heavy atom. The zero-order valence-electron chi connectivity index (χ0n) is 26.4. The number of phenolic OH excluding ortho intramolecular Hbond substituents is 1. The lowest BCUT2D eigenvalue weighted by Gasteiger charge is -2.21. The number of esters is 1. The number of hydrogen-bond donors (Lipinski definition) is 1. The summed E-state index contributed by atoms with van der Waals surface area (Å²) in [5.41, 5.74) is 5.56. The van der Waals surface area contributed by atoms with Crippen molar-refractivity contribution in [2.24, 2.45) is 0 Å². The Hall–Kier alpha value is -4.76. The Labute approximate surface area is 311 Å². The Morgan fingerprint density at radius 1 is 0.660 bits per heavy atom. The summed E-state index contributed by atoms with van der Waals surface area (Å²) in [6.07, 6.45) is 0. The first-order chi connectivity index (χ1) is 24.3. The predicted molar refractivity (Wildman–Crippen MR) is 211 cm³/mol. The summed E-state index contributed by atoms with van der Waals surface area (Å²) in [7, 11) is 0. The number of halogens is 3. The lowest BCUT2D eigenvalue weighted by molar-refractivity contribution is 0.0527. The molecule has 0 saturated heterocycles. The van der Waals surface area contributed by atoms with E-state index in [0.717, 1.165) is 38.2 Å². The lowest BCUT2D eigenvalue weighted by Crippen LogP contribution is -2.09. The van der Waals surface area contributed by atoms with Crippen LogP contribution in [-0.4, -0.2) is 17.7 Å². The number of phenols is 1. The molecule has 0 amide bonds. The standard InChI is InChI=1S/C42H25Br3O5/c1-2-49-42(48)30-16-8-7-15-28(30)35-31-20-33(43)38(46)36(40(31)50-41-32(35)21-34(44)39(47)37(41)45)29-19-18-27(25-13-5-6-14-26(25)29)24-17-9-11-22-10-3-4-12-23(22)24/h3-21,46H,2H2,1H3. The first kappa shape index (κ1) is 32.4. The fourth-order valence-electron chi connectivity index (χ4n) is 6.87. The minimum absolute atomic E-state index is 0.0242. The highest BCUT2D eigenvalue weighted by atomic mass is 79.9. The van der Waals surface area contributed by atoms with Crippen molar-refractivity contribution in [3.8, 4) is 50.5 Å². The number of rotatable bonds is 5. The molecule has 0 atom stereocenters. The maximum absolute atomic E-state index is 13.3. The third kappa shape index (κ3) is 5.16. The molecule has 8 rings (SSSR count). The van der Waals surface area contributed by atoms with Crippen LogP contribution in [-0.2, 0) is 4.74 Å². The van der Waals surface area contributed by atoms with Crippen LogP contribution in [0.1, 0.15) is 17.3 Å². The second kappa shape index (κ2) is 12.8. The first-order valence-corrected chi connectivity index (χ1v) is 18.2. The second-order valence-corrected chi connectivity index (χ2v) is 14.3. The molecule has 0 saturated carbocycles. The maximum Gasteiger partial charge on any atom is 0.338 e. The van der Waals surface area contributed by atoms with E-state index in [1.807, 2.05) is 48.5 Å². The molecule has 1 aliphatic carbocycles. The average Bonchev–Trinajstić information content (AvgIpc) is 3.14. The minimum Gasteiger partial charge on any atom is -0.506 e. The van der Waals surface area contributed by atoms with Crippen LogP contribution in [0.15, 0.2) is 138 Å². The molecule has 50 heavy (non-hydrogen) atoms. The van der Waals surface area contributed by atoms with Gasteiger partial charge in [0, 0.05) is 16.5 Å². The smallest absolute Gasteiger partial charge is 0.338 e. The third-order valence-corrected chi connectivity index (χ3v) is 11.0. The molecule has 0 bridgehead atoms. The first-order valence-electron chi connectivity index (χ1n) is 15.8. The van der Waals surface area contributed by atoms with Gasteiger partial charge in [-0.2, -0.15) is 0 Å². The van der Waals surface area contributed by atoms with Gasteiger partial charge in [-0.15, -0.1) is 0 Å². The van der Waals surface area contributed by atoms with E-state index in [1.54, 1.807) is 31.2 Å². The number of aromatic hydroxyl groups is 1. The van der Waals surface area contributed by atoms with E-state index in [1.165, 1.54) is 0 Å². The monoisotopic (exact) mass is 846 g/mol. The highest BCUT2D eigenvalue weighted by molar-refractivity contribution is 9.11. The van der Waals surface area contributed by atoms with Gasteiger partial charge in [-0.25, -0.2) is 4.79 Å². The largest absolute Gasteiger partial charge is 0.506 e. The summed E-state index contributed by atoms with van der Waals surface area (Å²) in [5, 5.41) is 16.7. The molecule has 8 heteroatoms. The molecule has 0 spiro atoms. The van der Waals surface area contributed by atoms with E-state index in [0.29, 0.717) is 47.7 Å². The number of fused-ring (bicyclic) bond motifs is 4.